The molecule has 0 unspecified atom stereocenters. The Hall–Kier alpha value is -2.33. The number of nitrogens with one attached hydrogen (secondary N) is 1. The van der Waals surface area contributed by atoms with Gasteiger partial charge in [-0.2, -0.15) is 0 Å². The van der Waals surface area contributed by atoms with Gasteiger partial charge in [-0.05, 0) is 29.3 Å². The summed E-state index contributed by atoms with van der Waals surface area (Å²) in [6.45, 7) is 1.36. The normalized spacial score (nSPS) is 27.5. The Morgan fingerprint density at radius 3 is 2.57 bits per heavy atom. The smallest absolute Gasteiger partial charge is 0.303 e. The van der Waals surface area contributed by atoms with Crippen molar-refractivity contribution in [2.75, 3.05) is 5.32 Å². The zero-order valence-electron chi connectivity index (χ0n) is 12.4. The minimum Gasteiger partial charge on any atom is -0.453 e. The van der Waals surface area contributed by atoms with E-state index >= 15 is 0 Å². The first-order chi connectivity index (χ1) is 11.0. The Kier molecular flexibility index (Phi) is 2.85. The number of ether oxygens (including phenoxy) is 1. The van der Waals surface area contributed by atoms with Crippen LogP contribution in [0.15, 0.2) is 48.5 Å². The fourth-order valence-corrected chi connectivity index (χ4v) is 3.84. The minimum atomic E-state index is -0.972. The molecule has 1 aliphatic carbocycles. The second-order valence-electron chi connectivity index (χ2n) is 6.01. The lowest BCUT2D eigenvalue weighted by molar-refractivity contribution is -0.151. The Balaban J connectivity index is 1.89. The van der Waals surface area contributed by atoms with Gasteiger partial charge in [-0.15, -0.1) is 0 Å². The maximum atomic E-state index is 12.7. The molecular weight excluding hydrogens is 314 g/mol. The molecule has 1 saturated carbocycles. The third kappa shape index (κ3) is 1.78. The molecule has 2 aliphatic rings. The highest BCUT2D eigenvalue weighted by Gasteiger charge is 2.79. The summed E-state index contributed by atoms with van der Waals surface area (Å²) in [5.41, 5.74) is 0.606. The Bertz CT molecular complexity index is 832. The van der Waals surface area contributed by atoms with Crippen LogP contribution in [0.5, 0.6) is 0 Å². The maximum Gasteiger partial charge on any atom is 0.303 e. The quantitative estimate of drug-likeness (QED) is 0.860. The van der Waals surface area contributed by atoms with Crippen LogP contribution in [-0.2, 0) is 25.3 Å². The number of esters is 1. The van der Waals surface area contributed by atoms with E-state index < -0.39 is 17.0 Å². The zero-order valence-corrected chi connectivity index (χ0v) is 13.2. The van der Waals surface area contributed by atoms with E-state index in [9.17, 15) is 9.59 Å². The van der Waals surface area contributed by atoms with Crippen molar-refractivity contribution in [3.05, 3.63) is 64.7 Å². The average molecular weight is 328 g/mol. The van der Waals surface area contributed by atoms with E-state index in [-0.39, 0.29) is 5.91 Å². The van der Waals surface area contributed by atoms with E-state index in [2.05, 4.69) is 5.32 Å². The van der Waals surface area contributed by atoms with Crippen molar-refractivity contribution in [3.8, 4) is 0 Å². The molecule has 116 valence electrons. The number of benzene rings is 2. The number of fused-ring (bicyclic) bond motifs is 2. The van der Waals surface area contributed by atoms with E-state index in [0.717, 1.165) is 16.8 Å². The zero-order chi connectivity index (χ0) is 16.2. The molecule has 1 amide bonds. The molecule has 0 bridgehead atoms. The fourth-order valence-electron chi connectivity index (χ4n) is 3.72. The number of amides is 1. The highest BCUT2D eigenvalue weighted by Crippen LogP contribution is 2.69. The van der Waals surface area contributed by atoms with Gasteiger partial charge < -0.3 is 10.1 Å². The molecule has 1 aliphatic heterocycles. The molecule has 2 aromatic carbocycles. The van der Waals surface area contributed by atoms with E-state index in [4.69, 9.17) is 16.3 Å². The van der Waals surface area contributed by atoms with Crippen LogP contribution < -0.4 is 5.32 Å². The third-order valence-corrected chi connectivity index (χ3v) is 4.98. The molecule has 0 radical (unpaired) electrons. The molecule has 23 heavy (non-hydrogen) atoms. The van der Waals surface area contributed by atoms with E-state index in [0.29, 0.717) is 11.4 Å². The third-order valence-electron chi connectivity index (χ3n) is 4.73. The summed E-state index contributed by atoms with van der Waals surface area (Å²) in [4.78, 5) is 24.4. The average Bonchev–Trinajstić information content (AvgIpc) is 3.09. The number of hydrogen-bond acceptors (Lipinski definition) is 3. The molecule has 1 heterocycles. The molecule has 4 rings (SSSR count). The van der Waals surface area contributed by atoms with Crippen LogP contribution in [0.2, 0.25) is 5.02 Å². The predicted octanol–water partition coefficient (Wildman–Crippen LogP) is 3.39. The van der Waals surface area contributed by atoms with Crippen molar-refractivity contribution in [2.24, 2.45) is 0 Å². The first-order valence-electron chi connectivity index (χ1n) is 7.36. The molecule has 2 aromatic rings. The summed E-state index contributed by atoms with van der Waals surface area (Å²) in [5, 5.41) is 3.50. The highest BCUT2D eigenvalue weighted by molar-refractivity contribution is 6.30. The minimum absolute atomic E-state index is 0.130. The van der Waals surface area contributed by atoms with Crippen molar-refractivity contribution >= 4 is 29.2 Å². The van der Waals surface area contributed by atoms with E-state index in [1.807, 2.05) is 36.4 Å². The van der Waals surface area contributed by atoms with Gasteiger partial charge in [0.25, 0.3) is 0 Å². The standard InChI is InChI=1S/C18H14ClNO3/c1-11(21)23-18(12-6-8-13(19)9-7-12)10-17(18)14-4-2-3-5-15(14)20-16(17)22/h2-9H,10H2,1H3,(H,20,22)/t17-,18+/m0/s1. The molecule has 1 N–H and O–H groups in total. The fraction of sp³-hybridized carbons (Fsp3) is 0.222. The van der Waals surface area contributed by atoms with Crippen LogP contribution >= 0.6 is 11.6 Å². The topological polar surface area (TPSA) is 55.4 Å². The van der Waals surface area contributed by atoms with Crippen LogP contribution in [0, 0.1) is 0 Å². The summed E-state index contributed by atoms with van der Waals surface area (Å²) in [5.74, 6) is -0.538. The predicted molar refractivity (Wildman–Crippen MR) is 86.3 cm³/mol. The number of carbonyl (C=O) groups is 2. The molecular formula is C18H14ClNO3. The number of carbonyl (C=O) groups excluding carboxylic acids is 2. The van der Waals surface area contributed by atoms with E-state index in [1.165, 1.54) is 6.92 Å². The summed E-state index contributed by atoms with van der Waals surface area (Å²) in [6.07, 6.45) is 0.435. The second-order valence-corrected chi connectivity index (χ2v) is 6.45. The van der Waals surface area contributed by atoms with Gasteiger partial charge in [0, 0.05) is 24.1 Å². The van der Waals surface area contributed by atoms with Crippen LogP contribution in [0.4, 0.5) is 5.69 Å². The summed E-state index contributed by atoms with van der Waals surface area (Å²) < 4.78 is 5.70. The second kappa shape index (κ2) is 4.59. The van der Waals surface area contributed by atoms with Crippen molar-refractivity contribution in [3.63, 3.8) is 0 Å². The van der Waals surface area contributed by atoms with Gasteiger partial charge in [-0.3, -0.25) is 9.59 Å². The van der Waals surface area contributed by atoms with Crippen molar-refractivity contribution in [1.29, 1.82) is 0 Å². The molecule has 5 heteroatoms. The van der Waals surface area contributed by atoms with Gasteiger partial charge in [0.05, 0.1) is 0 Å². The lowest BCUT2D eigenvalue weighted by Crippen LogP contribution is -2.32. The van der Waals surface area contributed by atoms with Gasteiger partial charge in [0.2, 0.25) is 5.91 Å². The van der Waals surface area contributed by atoms with Gasteiger partial charge in [-0.25, -0.2) is 0 Å². The highest BCUT2D eigenvalue weighted by atomic mass is 35.5. The number of anilines is 1. The summed E-state index contributed by atoms with van der Waals surface area (Å²) in [7, 11) is 0. The Morgan fingerprint density at radius 1 is 1.17 bits per heavy atom. The van der Waals surface area contributed by atoms with Gasteiger partial charge in [0.15, 0.2) is 5.60 Å². The first kappa shape index (κ1) is 14.3. The van der Waals surface area contributed by atoms with Crippen LogP contribution in [0.25, 0.3) is 0 Å². The molecule has 0 saturated heterocycles. The summed E-state index contributed by atoms with van der Waals surface area (Å²) >= 11 is 5.96. The Morgan fingerprint density at radius 2 is 1.87 bits per heavy atom. The molecule has 0 aromatic heterocycles. The van der Waals surface area contributed by atoms with Gasteiger partial charge in [0.1, 0.15) is 5.41 Å². The largest absolute Gasteiger partial charge is 0.453 e. The van der Waals surface area contributed by atoms with Crippen LogP contribution in [0.1, 0.15) is 24.5 Å². The van der Waals surface area contributed by atoms with Crippen LogP contribution in [0.3, 0.4) is 0 Å². The number of hydrogen-bond donors (Lipinski definition) is 1. The monoisotopic (exact) mass is 327 g/mol. The van der Waals surface area contributed by atoms with E-state index in [1.54, 1.807) is 12.1 Å². The van der Waals surface area contributed by atoms with Crippen molar-refractivity contribution in [1.82, 2.24) is 0 Å². The van der Waals surface area contributed by atoms with Gasteiger partial charge in [-0.1, -0.05) is 41.9 Å². The molecule has 1 fully saturated rings. The van der Waals surface area contributed by atoms with Gasteiger partial charge >= 0.3 is 5.97 Å². The molecule has 2 atom stereocenters. The lowest BCUT2D eigenvalue weighted by Gasteiger charge is -2.22. The number of para-hydroxylation sites is 1. The van der Waals surface area contributed by atoms with Crippen LogP contribution in [-0.4, -0.2) is 11.9 Å². The summed E-state index contributed by atoms with van der Waals surface area (Å²) in [6, 6.07) is 14.6. The lowest BCUT2D eigenvalue weighted by atomic mass is 9.89. The maximum absolute atomic E-state index is 12.7. The van der Waals surface area contributed by atoms with Crippen molar-refractivity contribution < 1.29 is 14.3 Å². The SMILES string of the molecule is CC(=O)O[C@@]1(c2ccc(Cl)cc2)C[C@]12C(=O)Nc1ccccc12. The first-order valence-corrected chi connectivity index (χ1v) is 7.74. The Labute approximate surface area is 138 Å². The molecule has 4 nitrogen and oxygen atoms in total. The van der Waals surface area contributed by atoms with Crippen molar-refractivity contribution in [2.45, 2.75) is 24.4 Å². The number of halogens is 1. The number of rotatable bonds is 2. The molecule has 1 spiro atoms.